The van der Waals surface area contributed by atoms with Crippen molar-refractivity contribution in [2.75, 3.05) is 26.7 Å². The Bertz CT molecular complexity index is 496. The highest BCUT2D eigenvalue weighted by Crippen LogP contribution is 2.12. The summed E-state index contributed by atoms with van der Waals surface area (Å²) in [7, 11) is 2.10. The topological polar surface area (TPSA) is 67.6 Å². The third-order valence-corrected chi connectivity index (χ3v) is 3.83. The van der Waals surface area contributed by atoms with Gasteiger partial charge in [0.25, 0.3) is 5.91 Å². The van der Waals surface area contributed by atoms with Crippen molar-refractivity contribution in [2.45, 2.75) is 18.9 Å². The lowest BCUT2D eigenvalue weighted by Crippen LogP contribution is -2.44. The zero-order valence-corrected chi connectivity index (χ0v) is 13.0. The van der Waals surface area contributed by atoms with E-state index in [4.69, 9.17) is 22.7 Å². The number of carbonyl (C=O) groups excluding carboxylic acids is 1. The molecule has 21 heavy (non-hydrogen) atoms. The SMILES string of the molecule is CN1CCC(NC(=O)COc2ccc(C(N)=S)cc2)CC1. The van der Waals surface area contributed by atoms with Crippen LogP contribution in [0, 0.1) is 0 Å². The van der Waals surface area contributed by atoms with Crippen molar-refractivity contribution >= 4 is 23.1 Å². The van der Waals surface area contributed by atoms with Crippen LogP contribution in [0.15, 0.2) is 24.3 Å². The summed E-state index contributed by atoms with van der Waals surface area (Å²) in [6.07, 6.45) is 1.98. The molecule has 1 heterocycles. The van der Waals surface area contributed by atoms with Gasteiger partial charge in [-0.2, -0.15) is 0 Å². The summed E-state index contributed by atoms with van der Waals surface area (Å²) < 4.78 is 5.46. The maximum Gasteiger partial charge on any atom is 0.258 e. The fraction of sp³-hybridized carbons (Fsp3) is 0.467. The second-order valence-corrected chi connectivity index (χ2v) is 5.76. The number of amides is 1. The number of nitrogens with one attached hydrogen (secondary N) is 1. The van der Waals surface area contributed by atoms with Crippen LogP contribution in [-0.2, 0) is 4.79 Å². The number of nitrogens with two attached hydrogens (primary N) is 1. The van der Waals surface area contributed by atoms with Gasteiger partial charge in [0.05, 0.1) is 0 Å². The second-order valence-electron chi connectivity index (χ2n) is 5.32. The molecule has 1 aliphatic rings. The maximum atomic E-state index is 11.9. The maximum absolute atomic E-state index is 11.9. The largest absolute Gasteiger partial charge is 0.484 e. The molecule has 1 aliphatic heterocycles. The third-order valence-electron chi connectivity index (χ3n) is 3.59. The lowest BCUT2D eigenvalue weighted by molar-refractivity contribution is -0.124. The smallest absolute Gasteiger partial charge is 0.258 e. The van der Waals surface area contributed by atoms with Crippen LogP contribution in [0.3, 0.4) is 0 Å². The lowest BCUT2D eigenvalue weighted by atomic mass is 10.1. The molecule has 0 radical (unpaired) electrons. The number of rotatable bonds is 5. The van der Waals surface area contributed by atoms with Crippen molar-refractivity contribution in [3.63, 3.8) is 0 Å². The Morgan fingerprint density at radius 3 is 2.57 bits per heavy atom. The molecule has 1 aromatic carbocycles. The number of hydrogen-bond donors (Lipinski definition) is 2. The first kappa shape index (κ1) is 15.7. The van der Waals surface area contributed by atoms with E-state index < -0.39 is 0 Å². The first-order chi connectivity index (χ1) is 10.0. The number of benzene rings is 1. The van der Waals surface area contributed by atoms with Crippen LogP contribution in [0.2, 0.25) is 0 Å². The molecular formula is C15H21N3O2S. The summed E-state index contributed by atoms with van der Waals surface area (Å²) >= 11 is 4.88. The van der Waals surface area contributed by atoms with Crippen LogP contribution in [0.5, 0.6) is 5.75 Å². The van der Waals surface area contributed by atoms with Gasteiger partial charge in [-0.05, 0) is 57.2 Å². The minimum atomic E-state index is -0.0806. The van der Waals surface area contributed by atoms with Crippen LogP contribution in [-0.4, -0.2) is 48.6 Å². The Hall–Kier alpha value is -1.66. The number of likely N-dealkylation sites (tertiary alicyclic amines) is 1. The Morgan fingerprint density at radius 1 is 1.38 bits per heavy atom. The van der Waals surface area contributed by atoms with E-state index in [0.717, 1.165) is 31.5 Å². The van der Waals surface area contributed by atoms with E-state index in [1.165, 1.54) is 0 Å². The standard InChI is InChI=1S/C15H21N3O2S/c1-18-8-6-12(7-9-18)17-14(19)10-20-13-4-2-11(3-5-13)15(16)21/h2-5,12H,6-10H2,1H3,(H2,16,21)(H,17,19). The van der Waals surface area contributed by atoms with Gasteiger partial charge in [0, 0.05) is 11.6 Å². The van der Waals surface area contributed by atoms with Gasteiger partial charge in [-0.15, -0.1) is 0 Å². The Labute approximate surface area is 130 Å². The third kappa shape index (κ3) is 4.99. The molecule has 0 spiro atoms. The summed E-state index contributed by atoms with van der Waals surface area (Å²) in [4.78, 5) is 14.5. The molecule has 0 bridgehead atoms. The van der Waals surface area contributed by atoms with Crippen molar-refractivity contribution in [1.82, 2.24) is 10.2 Å². The van der Waals surface area contributed by atoms with Crippen LogP contribution in [0.4, 0.5) is 0 Å². The van der Waals surface area contributed by atoms with E-state index in [9.17, 15) is 4.79 Å². The zero-order valence-electron chi connectivity index (χ0n) is 12.2. The number of hydrogen-bond acceptors (Lipinski definition) is 4. The Balaban J connectivity index is 1.74. The molecule has 0 aliphatic carbocycles. The first-order valence-corrected chi connectivity index (χ1v) is 7.46. The number of ether oxygens (including phenoxy) is 1. The fourth-order valence-corrected chi connectivity index (χ4v) is 2.42. The predicted molar refractivity (Wildman–Crippen MR) is 86.5 cm³/mol. The van der Waals surface area contributed by atoms with E-state index >= 15 is 0 Å². The molecule has 0 unspecified atom stereocenters. The zero-order chi connectivity index (χ0) is 15.2. The number of piperidine rings is 1. The van der Waals surface area contributed by atoms with Gasteiger partial charge in [0.2, 0.25) is 0 Å². The van der Waals surface area contributed by atoms with Crippen LogP contribution < -0.4 is 15.8 Å². The molecule has 114 valence electrons. The average Bonchev–Trinajstić information content (AvgIpc) is 2.48. The molecule has 1 fully saturated rings. The molecule has 6 heteroatoms. The summed E-state index contributed by atoms with van der Waals surface area (Å²) in [5.74, 6) is 0.552. The average molecular weight is 307 g/mol. The molecule has 0 saturated carbocycles. The van der Waals surface area contributed by atoms with E-state index in [1.807, 2.05) is 0 Å². The second kappa shape index (κ2) is 7.38. The van der Waals surface area contributed by atoms with Crippen molar-refractivity contribution in [1.29, 1.82) is 0 Å². The molecule has 1 aromatic rings. The van der Waals surface area contributed by atoms with Crippen LogP contribution >= 0.6 is 12.2 Å². The molecule has 2 rings (SSSR count). The van der Waals surface area contributed by atoms with Crippen molar-refractivity contribution < 1.29 is 9.53 Å². The minimum absolute atomic E-state index is 0.0265. The summed E-state index contributed by atoms with van der Waals surface area (Å²) in [6.45, 7) is 2.07. The number of carbonyl (C=O) groups is 1. The fourth-order valence-electron chi connectivity index (χ4n) is 2.29. The van der Waals surface area contributed by atoms with E-state index in [1.54, 1.807) is 24.3 Å². The monoisotopic (exact) mass is 307 g/mol. The highest BCUT2D eigenvalue weighted by molar-refractivity contribution is 7.80. The van der Waals surface area contributed by atoms with Gasteiger partial charge in [-0.3, -0.25) is 4.79 Å². The highest BCUT2D eigenvalue weighted by atomic mass is 32.1. The van der Waals surface area contributed by atoms with Gasteiger partial charge in [-0.25, -0.2) is 0 Å². The van der Waals surface area contributed by atoms with Crippen molar-refractivity contribution in [3.8, 4) is 5.75 Å². The minimum Gasteiger partial charge on any atom is -0.484 e. The van der Waals surface area contributed by atoms with Gasteiger partial charge < -0.3 is 20.7 Å². The van der Waals surface area contributed by atoms with E-state index in [2.05, 4.69) is 17.3 Å². The molecule has 0 aromatic heterocycles. The normalized spacial score (nSPS) is 16.4. The van der Waals surface area contributed by atoms with E-state index in [0.29, 0.717) is 10.7 Å². The van der Waals surface area contributed by atoms with Crippen LogP contribution in [0.1, 0.15) is 18.4 Å². The summed E-state index contributed by atoms with van der Waals surface area (Å²) in [6, 6.07) is 7.35. The predicted octanol–water partition coefficient (Wildman–Crippen LogP) is 0.910. The van der Waals surface area contributed by atoms with Crippen molar-refractivity contribution in [3.05, 3.63) is 29.8 Å². The number of nitrogens with zero attached hydrogens (tertiary/aromatic N) is 1. The van der Waals surface area contributed by atoms with Gasteiger partial charge >= 0.3 is 0 Å². The van der Waals surface area contributed by atoms with Crippen LogP contribution in [0.25, 0.3) is 0 Å². The molecular weight excluding hydrogens is 286 g/mol. The number of thiocarbonyl (C=S) groups is 1. The molecule has 5 nitrogen and oxygen atoms in total. The first-order valence-electron chi connectivity index (χ1n) is 7.05. The quantitative estimate of drug-likeness (QED) is 0.792. The van der Waals surface area contributed by atoms with Crippen molar-refractivity contribution in [2.24, 2.45) is 5.73 Å². The molecule has 3 N–H and O–H groups in total. The molecule has 1 saturated heterocycles. The Kier molecular flexibility index (Phi) is 5.52. The molecule has 0 atom stereocenters. The molecule has 1 amide bonds. The summed E-state index contributed by atoms with van der Waals surface area (Å²) in [5, 5.41) is 3.01. The van der Waals surface area contributed by atoms with Gasteiger partial charge in [-0.1, -0.05) is 12.2 Å². The summed E-state index contributed by atoms with van der Waals surface area (Å²) in [5.41, 5.74) is 6.31. The highest BCUT2D eigenvalue weighted by Gasteiger charge is 2.18. The van der Waals surface area contributed by atoms with E-state index in [-0.39, 0.29) is 18.6 Å². The lowest BCUT2D eigenvalue weighted by Gasteiger charge is -2.29. The van der Waals surface area contributed by atoms with Gasteiger partial charge in [0.15, 0.2) is 6.61 Å². The van der Waals surface area contributed by atoms with Gasteiger partial charge in [0.1, 0.15) is 10.7 Å². The Morgan fingerprint density at radius 2 is 2.00 bits per heavy atom.